The Morgan fingerprint density at radius 1 is 1.42 bits per heavy atom. The van der Waals surface area contributed by atoms with E-state index in [1.807, 2.05) is 4.90 Å². The molecule has 1 unspecified atom stereocenters. The van der Waals surface area contributed by atoms with Gasteiger partial charge < -0.3 is 10.0 Å². The van der Waals surface area contributed by atoms with Gasteiger partial charge in [-0.15, -0.1) is 11.3 Å². The number of thiophene rings is 1. The van der Waals surface area contributed by atoms with Crippen LogP contribution in [0.2, 0.25) is 0 Å². The van der Waals surface area contributed by atoms with Crippen molar-refractivity contribution in [1.82, 2.24) is 4.90 Å². The van der Waals surface area contributed by atoms with E-state index >= 15 is 0 Å². The quantitative estimate of drug-likeness (QED) is 0.922. The first kappa shape index (κ1) is 12.7. The van der Waals surface area contributed by atoms with Crippen LogP contribution >= 0.6 is 11.3 Å². The molecule has 1 aromatic rings. The highest BCUT2D eigenvalue weighted by Gasteiger charge is 2.37. The van der Waals surface area contributed by atoms with Gasteiger partial charge in [0.1, 0.15) is 0 Å². The van der Waals surface area contributed by atoms with Crippen molar-refractivity contribution in [2.75, 3.05) is 13.1 Å². The Labute approximate surface area is 116 Å². The number of rotatable bonds is 3. The molecule has 1 saturated heterocycles. The second-order valence-electron chi connectivity index (χ2n) is 5.45. The number of hydrogen-bond acceptors (Lipinski definition) is 3. The van der Waals surface area contributed by atoms with E-state index in [1.165, 1.54) is 10.4 Å². The van der Waals surface area contributed by atoms with Gasteiger partial charge in [0.2, 0.25) is 5.91 Å². The van der Waals surface area contributed by atoms with E-state index < -0.39 is 5.97 Å². The normalized spacial score (nSPS) is 22.7. The van der Waals surface area contributed by atoms with Crippen LogP contribution in [0.3, 0.4) is 0 Å². The van der Waals surface area contributed by atoms with Crippen molar-refractivity contribution >= 4 is 23.2 Å². The Hall–Kier alpha value is -1.36. The Morgan fingerprint density at radius 3 is 2.95 bits per heavy atom. The van der Waals surface area contributed by atoms with Gasteiger partial charge >= 0.3 is 5.97 Å². The highest BCUT2D eigenvalue weighted by Crippen LogP contribution is 2.37. The van der Waals surface area contributed by atoms with Gasteiger partial charge in [-0.05, 0) is 36.3 Å². The molecule has 0 aromatic carbocycles. The molecule has 0 saturated carbocycles. The van der Waals surface area contributed by atoms with Gasteiger partial charge in [-0.3, -0.25) is 9.59 Å². The zero-order valence-corrected chi connectivity index (χ0v) is 11.5. The number of amides is 1. The topological polar surface area (TPSA) is 57.6 Å². The summed E-state index contributed by atoms with van der Waals surface area (Å²) in [5.41, 5.74) is 1.21. The van der Waals surface area contributed by atoms with Crippen LogP contribution in [-0.4, -0.2) is 35.0 Å². The number of carboxylic acids is 1. The molecule has 1 N–H and O–H groups in total. The van der Waals surface area contributed by atoms with E-state index in [-0.39, 0.29) is 24.2 Å². The minimum absolute atomic E-state index is 0.0146. The largest absolute Gasteiger partial charge is 0.481 e. The molecular weight excluding hydrogens is 262 g/mol. The van der Waals surface area contributed by atoms with E-state index in [9.17, 15) is 9.59 Å². The molecule has 2 aliphatic rings. The molecule has 1 amide bonds. The fraction of sp³-hybridized carbons (Fsp3) is 0.571. The Morgan fingerprint density at radius 2 is 2.21 bits per heavy atom. The Bertz CT molecular complexity index is 505. The zero-order chi connectivity index (χ0) is 13.4. The lowest BCUT2D eigenvalue weighted by molar-refractivity contribution is -0.146. The van der Waals surface area contributed by atoms with Gasteiger partial charge in [-0.25, -0.2) is 0 Å². The molecule has 0 radical (unpaired) electrons. The highest BCUT2D eigenvalue weighted by molar-refractivity contribution is 7.10. The molecule has 1 fully saturated rings. The SMILES string of the molecule is O=C(O)CC1CN(C(=O)C2CCCc3sccc32)C1. The van der Waals surface area contributed by atoms with Crippen LogP contribution in [0.1, 0.15) is 35.6 Å². The molecule has 3 rings (SSSR count). The first-order chi connectivity index (χ1) is 9.15. The number of carboxylic acid groups (broad SMARTS) is 1. The van der Waals surface area contributed by atoms with Crippen molar-refractivity contribution in [3.8, 4) is 0 Å². The average molecular weight is 279 g/mol. The van der Waals surface area contributed by atoms with Crippen molar-refractivity contribution in [3.05, 3.63) is 21.9 Å². The van der Waals surface area contributed by atoms with Crippen LogP contribution in [-0.2, 0) is 16.0 Å². The molecule has 1 atom stereocenters. The van der Waals surface area contributed by atoms with Crippen LogP contribution in [0.25, 0.3) is 0 Å². The summed E-state index contributed by atoms with van der Waals surface area (Å²) in [5.74, 6) is -0.413. The highest BCUT2D eigenvalue weighted by atomic mass is 32.1. The molecule has 0 bridgehead atoms. The molecule has 5 heteroatoms. The third-order valence-electron chi connectivity index (χ3n) is 4.08. The van der Waals surface area contributed by atoms with Gasteiger partial charge in [-0.1, -0.05) is 0 Å². The fourth-order valence-corrected chi connectivity index (χ4v) is 4.08. The zero-order valence-electron chi connectivity index (χ0n) is 10.7. The lowest BCUT2D eigenvalue weighted by Crippen LogP contribution is -2.52. The number of aliphatic carboxylic acids is 1. The van der Waals surface area contributed by atoms with Crippen LogP contribution in [0.5, 0.6) is 0 Å². The van der Waals surface area contributed by atoms with Crippen molar-refractivity contribution in [2.45, 2.75) is 31.6 Å². The maximum atomic E-state index is 12.5. The summed E-state index contributed by atoms with van der Waals surface area (Å²) >= 11 is 1.74. The molecule has 4 nitrogen and oxygen atoms in total. The molecular formula is C14H17NO3S. The summed E-state index contributed by atoms with van der Waals surface area (Å²) in [6.45, 7) is 1.22. The smallest absolute Gasteiger partial charge is 0.303 e. The lowest BCUT2D eigenvalue weighted by atomic mass is 9.85. The maximum Gasteiger partial charge on any atom is 0.303 e. The summed E-state index contributed by atoms with van der Waals surface area (Å²) in [5, 5.41) is 10.8. The summed E-state index contributed by atoms with van der Waals surface area (Å²) < 4.78 is 0. The number of nitrogens with zero attached hydrogens (tertiary/aromatic N) is 1. The first-order valence-corrected chi connectivity index (χ1v) is 7.60. The number of likely N-dealkylation sites (tertiary alicyclic amines) is 1. The summed E-state index contributed by atoms with van der Waals surface area (Å²) in [6.07, 6.45) is 3.29. The van der Waals surface area contributed by atoms with Gasteiger partial charge in [0.15, 0.2) is 0 Å². The monoisotopic (exact) mass is 279 g/mol. The minimum Gasteiger partial charge on any atom is -0.481 e. The van der Waals surface area contributed by atoms with Gasteiger partial charge in [0.05, 0.1) is 12.3 Å². The molecule has 2 heterocycles. The number of hydrogen-bond donors (Lipinski definition) is 1. The third kappa shape index (κ3) is 2.39. The predicted molar refractivity (Wildman–Crippen MR) is 72.3 cm³/mol. The third-order valence-corrected chi connectivity index (χ3v) is 5.08. The number of aryl methyl sites for hydroxylation is 1. The maximum absolute atomic E-state index is 12.5. The number of fused-ring (bicyclic) bond motifs is 1. The summed E-state index contributed by atoms with van der Waals surface area (Å²) in [6, 6.07) is 2.08. The molecule has 19 heavy (non-hydrogen) atoms. The lowest BCUT2D eigenvalue weighted by Gasteiger charge is -2.41. The fourth-order valence-electron chi connectivity index (χ4n) is 3.09. The average Bonchev–Trinajstić information content (AvgIpc) is 2.80. The molecule has 102 valence electrons. The standard InChI is InChI=1S/C14H17NO3S/c16-13(17)6-9-7-15(8-9)14(18)11-2-1-3-12-10(11)4-5-19-12/h4-5,9,11H,1-3,6-8H2,(H,16,17). The molecule has 1 aliphatic carbocycles. The Kier molecular flexibility index (Phi) is 3.31. The van der Waals surface area contributed by atoms with Crippen LogP contribution in [0.15, 0.2) is 11.4 Å². The van der Waals surface area contributed by atoms with Crippen molar-refractivity contribution in [3.63, 3.8) is 0 Å². The second-order valence-corrected chi connectivity index (χ2v) is 6.45. The first-order valence-electron chi connectivity index (χ1n) is 6.72. The van der Waals surface area contributed by atoms with Gasteiger partial charge in [0, 0.05) is 23.9 Å². The van der Waals surface area contributed by atoms with E-state index in [1.54, 1.807) is 11.3 Å². The number of carbonyl (C=O) groups is 2. The predicted octanol–water partition coefficient (Wildman–Crippen LogP) is 2.10. The van der Waals surface area contributed by atoms with E-state index in [2.05, 4.69) is 11.4 Å². The number of carbonyl (C=O) groups excluding carboxylic acids is 1. The van der Waals surface area contributed by atoms with E-state index in [0.29, 0.717) is 13.1 Å². The summed E-state index contributed by atoms with van der Waals surface area (Å²) in [7, 11) is 0. The van der Waals surface area contributed by atoms with Crippen LogP contribution in [0.4, 0.5) is 0 Å². The van der Waals surface area contributed by atoms with E-state index in [0.717, 1.165) is 19.3 Å². The molecule has 1 aromatic heterocycles. The molecule has 1 aliphatic heterocycles. The van der Waals surface area contributed by atoms with Gasteiger partial charge in [-0.2, -0.15) is 0 Å². The Balaban J connectivity index is 1.63. The van der Waals surface area contributed by atoms with Crippen molar-refractivity contribution in [1.29, 1.82) is 0 Å². The molecule has 0 spiro atoms. The minimum atomic E-state index is -0.769. The van der Waals surface area contributed by atoms with Crippen molar-refractivity contribution < 1.29 is 14.7 Å². The second kappa shape index (κ2) is 4.96. The van der Waals surface area contributed by atoms with Crippen LogP contribution in [0, 0.1) is 5.92 Å². The van der Waals surface area contributed by atoms with Gasteiger partial charge in [0.25, 0.3) is 0 Å². The van der Waals surface area contributed by atoms with Crippen LogP contribution < -0.4 is 0 Å². The van der Waals surface area contributed by atoms with Crippen molar-refractivity contribution in [2.24, 2.45) is 5.92 Å². The van der Waals surface area contributed by atoms with E-state index in [4.69, 9.17) is 5.11 Å². The summed E-state index contributed by atoms with van der Waals surface area (Å²) in [4.78, 5) is 26.2.